The van der Waals surface area contributed by atoms with Gasteiger partial charge in [0.2, 0.25) is 0 Å². The molecule has 0 saturated carbocycles. The highest BCUT2D eigenvalue weighted by atomic mass is 16.6. The Balaban J connectivity index is 1.42. The number of aryl methyl sites for hydroxylation is 1. The van der Waals surface area contributed by atoms with Crippen molar-refractivity contribution in [1.82, 2.24) is 4.90 Å². The summed E-state index contributed by atoms with van der Waals surface area (Å²) in [6, 6.07) is 20.4. The Morgan fingerprint density at radius 3 is 2.25 bits per heavy atom. The molecule has 0 aliphatic carbocycles. The van der Waals surface area contributed by atoms with Crippen LogP contribution in [0.25, 0.3) is 6.08 Å². The van der Waals surface area contributed by atoms with E-state index in [-0.39, 0.29) is 30.0 Å². The van der Waals surface area contributed by atoms with Crippen molar-refractivity contribution in [2.45, 2.75) is 19.8 Å². The van der Waals surface area contributed by atoms with Crippen LogP contribution in [0.15, 0.2) is 78.9 Å². The molecule has 0 saturated heterocycles. The van der Waals surface area contributed by atoms with Gasteiger partial charge in [-0.1, -0.05) is 42.0 Å². The fourth-order valence-corrected chi connectivity index (χ4v) is 4.07. The molecule has 0 radical (unpaired) electrons. The van der Waals surface area contributed by atoms with Crippen molar-refractivity contribution in [3.63, 3.8) is 0 Å². The van der Waals surface area contributed by atoms with Crippen LogP contribution < -0.4 is 4.90 Å². The van der Waals surface area contributed by atoms with Crippen LogP contribution >= 0.6 is 0 Å². The monoisotopic (exact) mass is 483 g/mol. The van der Waals surface area contributed by atoms with Crippen molar-refractivity contribution in [1.29, 1.82) is 0 Å². The van der Waals surface area contributed by atoms with Crippen molar-refractivity contribution < 1.29 is 19.3 Å². The molecule has 8 heteroatoms. The number of imide groups is 1. The fourth-order valence-electron chi connectivity index (χ4n) is 4.07. The summed E-state index contributed by atoms with van der Waals surface area (Å²) in [6.45, 7) is 2.61. The zero-order valence-corrected chi connectivity index (χ0v) is 19.8. The Morgan fingerprint density at radius 2 is 1.61 bits per heavy atom. The Morgan fingerprint density at radius 1 is 0.944 bits per heavy atom. The van der Waals surface area contributed by atoms with Gasteiger partial charge in [-0.2, -0.15) is 0 Å². The third-order valence-corrected chi connectivity index (χ3v) is 6.00. The molecule has 0 aromatic heterocycles. The lowest BCUT2D eigenvalue weighted by molar-refractivity contribution is -0.384. The minimum absolute atomic E-state index is 0.0480. The zero-order chi connectivity index (χ0) is 25.7. The molecule has 3 aromatic rings. The van der Waals surface area contributed by atoms with Crippen LogP contribution in [0.1, 0.15) is 44.7 Å². The summed E-state index contributed by atoms with van der Waals surface area (Å²) < 4.78 is 0. The molecule has 1 aliphatic rings. The summed E-state index contributed by atoms with van der Waals surface area (Å²) >= 11 is 0. The van der Waals surface area contributed by atoms with E-state index in [2.05, 4.69) is 0 Å². The summed E-state index contributed by atoms with van der Waals surface area (Å²) in [7, 11) is 0. The summed E-state index contributed by atoms with van der Waals surface area (Å²) in [6.07, 6.45) is 4.05. The predicted molar refractivity (Wildman–Crippen MR) is 137 cm³/mol. The maximum Gasteiger partial charge on any atom is 0.270 e. The number of nitro benzene ring substituents is 1. The second-order valence-corrected chi connectivity index (χ2v) is 8.53. The standard InChI is InChI=1S/C28H25N3O5/c1-20-11-14-22(15-12-20)29(26(32)16-13-21-7-6-8-23(19-21)31(35)36)17-4-5-18-30-27(33)24-9-2-3-10-25(24)28(30)34/h2-3,6-16,19H,4-5,17-18H2,1H3. The Bertz CT molecular complexity index is 1310. The summed E-state index contributed by atoms with van der Waals surface area (Å²) in [5.74, 6) is -0.852. The van der Waals surface area contributed by atoms with Gasteiger partial charge in [-0.25, -0.2) is 0 Å². The lowest BCUT2D eigenvalue weighted by atomic mass is 10.1. The summed E-state index contributed by atoms with van der Waals surface area (Å²) in [4.78, 5) is 51.7. The van der Waals surface area contributed by atoms with Gasteiger partial charge in [0.1, 0.15) is 0 Å². The van der Waals surface area contributed by atoms with Crippen LogP contribution in [0.5, 0.6) is 0 Å². The molecule has 0 bridgehead atoms. The number of unbranched alkanes of at least 4 members (excludes halogenated alkanes) is 1. The first-order chi connectivity index (χ1) is 17.3. The lowest BCUT2D eigenvalue weighted by Crippen LogP contribution is -2.33. The maximum atomic E-state index is 13.1. The second kappa shape index (κ2) is 10.8. The number of carbonyl (C=O) groups is 3. The molecule has 8 nitrogen and oxygen atoms in total. The molecular weight excluding hydrogens is 458 g/mol. The highest BCUT2D eigenvalue weighted by Crippen LogP contribution is 2.23. The predicted octanol–water partition coefficient (Wildman–Crippen LogP) is 5.03. The van der Waals surface area contributed by atoms with E-state index in [4.69, 9.17) is 0 Å². The number of non-ortho nitro benzene ring substituents is 1. The maximum absolute atomic E-state index is 13.1. The minimum Gasteiger partial charge on any atom is -0.309 e. The molecule has 3 amide bonds. The van der Waals surface area contributed by atoms with Gasteiger partial charge in [-0.15, -0.1) is 0 Å². The third-order valence-electron chi connectivity index (χ3n) is 6.00. The molecule has 1 heterocycles. The highest BCUT2D eigenvalue weighted by molar-refractivity contribution is 6.21. The molecule has 0 unspecified atom stereocenters. The van der Waals surface area contributed by atoms with E-state index in [1.54, 1.807) is 47.4 Å². The van der Waals surface area contributed by atoms with E-state index in [9.17, 15) is 24.5 Å². The van der Waals surface area contributed by atoms with Gasteiger partial charge < -0.3 is 4.90 Å². The second-order valence-electron chi connectivity index (χ2n) is 8.53. The molecule has 3 aromatic carbocycles. The largest absolute Gasteiger partial charge is 0.309 e. The molecule has 0 spiro atoms. The normalized spacial score (nSPS) is 12.8. The molecule has 4 rings (SSSR count). The third kappa shape index (κ3) is 5.38. The molecule has 0 atom stereocenters. The number of hydrogen-bond acceptors (Lipinski definition) is 5. The first kappa shape index (κ1) is 24.5. The topological polar surface area (TPSA) is 101 Å². The SMILES string of the molecule is Cc1ccc(N(CCCCN2C(=O)c3ccccc3C2=O)C(=O)C=Cc2cccc([N+](=O)[O-])c2)cc1. The van der Waals surface area contributed by atoms with Gasteiger partial charge in [0.25, 0.3) is 23.4 Å². The van der Waals surface area contributed by atoms with Gasteiger partial charge in [0, 0.05) is 37.0 Å². The van der Waals surface area contributed by atoms with Gasteiger partial charge >= 0.3 is 0 Å². The van der Waals surface area contributed by atoms with Crippen LogP contribution in [-0.4, -0.2) is 40.6 Å². The van der Waals surface area contributed by atoms with Gasteiger partial charge in [0.05, 0.1) is 16.1 Å². The van der Waals surface area contributed by atoms with E-state index in [1.165, 1.54) is 23.1 Å². The highest BCUT2D eigenvalue weighted by Gasteiger charge is 2.34. The molecule has 1 aliphatic heterocycles. The number of nitro groups is 1. The van der Waals surface area contributed by atoms with Crippen molar-refractivity contribution >= 4 is 35.2 Å². The van der Waals surface area contributed by atoms with Crippen molar-refractivity contribution in [3.8, 4) is 0 Å². The first-order valence-electron chi connectivity index (χ1n) is 11.6. The minimum atomic E-state index is -0.480. The lowest BCUT2D eigenvalue weighted by Gasteiger charge is -2.22. The Labute approximate surface area is 208 Å². The van der Waals surface area contributed by atoms with Crippen LogP contribution in [0.2, 0.25) is 0 Å². The van der Waals surface area contributed by atoms with E-state index in [1.807, 2.05) is 31.2 Å². The van der Waals surface area contributed by atoms with Crippen molar-refractivity contribution in [2.75, 3.05) is 18.0 Å². The average molecular weight is 484 g/mol. The Kier molecular flexibility index (Phi) is 7.34. The van der Waals surface area contributed by atoms with Crippen LogP contribution in [0.3, 0.4) is 0 Å². The summed E-state index contributed by atoms with van der Waals surface area (Å²) in [5.41, 5.74) is 3.12. The Hall–Kier alpha value is -4.59. The van der Waals surface area contributed by atoms with Gasteiger partial charge in [0.15, 0.2) is 0 Å². The molecule has 36 heavy (non-hydrogen) atoms. The van der Waals surface area contributed by atoms with Crippen LogP contribution in [0, 0.1) is 17.0 Å². The number of amides is 3. The van der Waals surface area contributed by atoms with E-state index < -0.39 is 4.92 Å². The number of carbonyl (C=O) groups excluding carboxylic acids is 3. The molecular formula is C28H25N3O5. The first-order valence-corrected chi connectivity index (χ1v) is 11.6. The van der Waals surface area contributed by atoms with Crippen LogP contribution in [0.4, 0.5) is 11.4 Å². The van der Waals surface area contributed by atoms with Crippen molar-refractivity contribution in [3.05, 3.63) is 111 Å². The van der Waals surface area contributed by atoms with Crippen molar-refractivity contribution in [2.24, 2.45) is 0 Å². The smallest absolute Gasteiger partial charge is 0.270 e. The van der Waals surface area contributed by atoms with Gasteiger partial charge in [-0.05, 0) is 55.7 Å². The molecule has 0 fully saturated rings. The quantitative estimate of drug-likeness (QED) is 0.140. The van der Waals surface area contributed by atoms with E-state index >= 15 is 0 Å². The fraction of sp³-hybridized carbons (Fsp3) is 0.179. The number of nitrogens with zero attached hydrogens (tertiary/aromatic N) is 3. The zero-order valence-electron chi connectivity index (χ0n) is 19.8. The van der Waals surface area contributed by atoms with E-state index in [0.29, 0.717) is 36.1 Å². The molecule has 0 N–H and O–H groups in total. The number of benzene rings is 3. The van der Waals surface area contributed by atoms with Gasteiger partial charge in [-0.3, -0.25) is 29.4 Å². The van der Waals surface area contributed by atoms with E-state index in [0.717, 1.165) is 11.3 Å². The number of anilines is 1. The number of fused-ring (bicyclic) bond motifs is 1. The average Bonchev–Trinajstić information content (AvgIpc) is 3.13. The number of hydrogen-bond donors (Lipinski definition) is 0. The number of rotatable bonds is 9. The summed E-state index contributed by atoms with van der Waals surface area (Å²) in [5, 5.41) is 11.0. The van der Waals surface area contributed by atoms with Crippen LogP contribution in [-0.2, 0) is 4.79 Å². The molecule has 182 valence electrons.